The highest BCUT2D eigenvalue weighted by Crippen LogP contribution is 2.47. The Bertz CT molecular complexity index is 917. The predicted molar refractivity (Wildman–Crippen MR) is 103 cm³/mol. The Morgan fingerprint density at radius 1 is 1.25 bits per heavy atom. The Morgan fingerprint density at radius 3 is 2.50 bits per heavy atom. The quantitative estimate of drug-likeness (QED) is 0.810. The highest BCUT2D eigenvalue weighted by molar-refractivity contribution is 5.99. The normalized spacial score (nSPS) is 17.8. The molecule has 0 saturated heterocycles. The van der Waals surface area contributed by atoms with Gasteiger partial charge in [-0.25, -0.2) is 0 Å². The van der Waals surface area contributed by atoms with Crippen molar-refractivity contribution in [2.45, 2.75) is 65.0 Å². The van der Waals surface area contributed by atoms with E-state index in [0.29, 0.717) is 18.7 Å². The summed E-state index contributed by atoms with van der Waals surface area (Å²) in [5.41, 5.74) is 2.43. The summed E-state index contributed by atoms with van der Waals surface area (Å²) >= 11 is 0. The number of carbonyl (C=O) groups is 1. The standard InChI is InChI=1S/C21H25N5O2/c1-14-11-15(2)26(25-14)10-9-24-20(27)18-16(3)21(7-5-4-6-8-21)28-19(18)17(12-22)13-23/h11H,4-10H2,1-3H3,(H,24,27). The number of amides is 1. The van der Waals surface area contributed by atoms with Gasteiger partial charge >= 0.3 is 0 Å². The first kappa shape index (κ1) is 19.7. The number of carbonyl (C=O) groups excluding carboxylic acids is 1. The third kappa shape index (κ3) is 3.53. The minimum atomic E-state index is -0.561. The molecule has 1 aromatic rings. The molecule has 1 aromatic heterocycles. The van der Waals surface area contributed by atoms with Crippen molar-refractivity contribution in [1.29, 1.82) is 10.5 Å². The molecule has 7 heteroatoms. The van der Waals surface area contributed by atoms with E-state index in [9.17, 15) is 15.3 Å². The fourth-order valence-corrected chi connectivity index (χ4v) is 4.16. The summed E-state index contributed by atoms with van der Waals surface area (Å²) in [5.74, 6) is -0.174. The number of rotatable bonds is 4. The van der Waals surface area contributed by atoms with E-state index >= 15 is 0 Å². The van der Waals surface area contributed by atoms with Crippen LogP contribution in [0.5, 0.6) is 0 Å². The maximum absolute atomic E-state index is 13.0. The van der Waals surface area contributed by atoms with E-state index < -0.39 is 5.60 Å². The van der Waals surface area contributed by atoms with E-state index in [4.69, 9.17) is 4.74 Å². The maximum atomic E-state index is 13.0. The fourth-order valence-electron chi connectivity index (χ4n) is 4.16. The van der Waals surface area contributed by atoms with Gasteiger partial charge < -0.3 is 10.1 Å². The average molecular weight is 379 g/mol. The van der Waals surface area contributed by atoms with Crippen molar-refractivity contribution in [3.8, 4) is 12.1 Å². The molecule has 2 aliphatic rings. The van der Waals surface area contributed by atoms with Crippen LogP contribution in [0.2, 0.25) is 0 Å². The van der Waals surface area contributed by atoms with Crippen LogP contribution in [0.25, 0.3) is 0 Å². The molecule has 1 aliphatic heterocycles. The second-order valence-electron chi connectivity index (χ2n) is 7.49. The summed E-state index contributed by atoms with van der Waals surface area (Å²) in [6, 6.07) is 5.74. The van der Waals surface area contributed by atoms with Crippen LogP contribution in [-0.2, 0) is 16.1 Å². The molecule has 1 N–H and O–H groups in total. The van der Waals surface area contributed by atoms with Crippen molar-refractivity contribution in [3.63, 3.8) is 0 Å². The lowest BCUT2D eigenvalue weighted by molar-refractivity contribution is -0.117. The minimum Gasteiger partial charge on any atom is -0.480 e. The van der Waals surface area contributed by atoms with Crippen LogP contribution in [0.4, 0.5) is 0 Å². The monoisotopic (exact) mass is 379 g/mol. The molecule has 0 aromatic carbocycles. The molecule has 0 bridgehead atoms. The molecule has 0 unspecified atom stereocenters. The maximum Gasteiger partial charge on any atom is 0.255 e. The molecule has 2 heterocycles. The summed E-state index contributed by atoms with van der Waals surface area (Å²) in [7, 11) is 0. The van der Waals surface area contributed by atoms with Crippen molar-refractivity contribution in [2.75, 3.05) is 6.54 Å². The van der Waals surface area contributed by atoms with Gasteiger partial charge in [-0.3, -0.25) is 9.48 Å². The van der Waals surface area contributed by atoms with Gasteiger partial charge in [0.05, 0.1) is 17.8 Å². The number of hydrogen-bond acceptors (Lipinski definition) is 5. The second kappa shape index (κ2) is 7.90. The molecule has 3 rings (SSSR count). The average Bonchev–Trinajstić information content (AvgIpc) is 3.13. The van der Waals surface area contributed by atoms with Gasteiger partial charge in [-0.1, -0.05) is 6.42 Å². The Morgan fingerprint density at radius 2 is 1.93 bits per heavy atom. The zero-order valence-corrected chi connectivity index (χ0v) is 16.6. The lowest BCUT2D eigenvalue weighted by Gasteiger charge is -2.34. The fraction of sp³-hybridized carbons (Fsp3) is 0.524. The number of nitrogens with one attached hydrogen (secondary N) is 1. The molecule has 1 spiro atoms. The lowest BCUT2D eigenvalue weighted by atomic mass is 9.79. The molecular formula is C21H25N5O2. The van der Waals surface area contributed by atoms with Gasteiger partial charge in [-0.15, -0.1) is 0 Å². The van der Waals surface area contributed by atoms with Crippen LogP contribution < -0.4 is 5.32 Å². The first-order valence-corrected chi connectivity index (χ1v) is 9.66. The third-order valence-corrected chi connectivity index (χ3v) is 5.63. The van der Waals surface area contributed by atoms with Crippen LogP contribution >= 0.6 is 0 Å². The van der Waals surface area contributed by atoms with Crippen molar-refractivity contribution < 1.29 is 9.53 Å². The van der Waals surface area contributed by atoms with Crippen molar-refractivity contribution in [1.82, 2.24) is 15.1 Å². The van der Waals surface area contributed by atoms with Crippen LogP contribution in [0.3, 0.4) is 0 Å². The predicted octanol–water partition coefficient (Wildman–Crippen LogP) is 2.97. The first-order valence-electron chi connectivity index (χ1n) is 9.66. The second-order valence-corrected chi connectivity index (χ2v) is 7.49. The van der Waals surface area contributed by atoms with E-state index in [1.165, 1.54) is 0 Å². The molecule has 0 radical (unpaired) electrons. The van der Waals surface area contributed by atoms with E-state index in [-0.39, 0.29) is 17.2 Å². The van der Waals surface area contributed by atoms with Gasteiger partial charge in [0.1, 0.15) is 17.7 Å². The lowest BCUT2D eigenvalue weighted by Crippen LogP contribution is -2.33. The third-order valence-electron chi connectivity index (χ3n) is 5.63. The summed E-state index contributed by atoms with van der Waals surface area (Å²) in [6.45, 7) is 6.73. The molecule has 1 fully saturated rings. The van der Waals surface area contributed by atoms with Gasteiger partial charge in [0.2, 0.25) is 0 Å². The number of aromatic nitrogens is 2. The molecule has 1 aliphatic carbocycles. The first-order chi connectivity index (χ1) is 13.4. The Labute approximate surface area is 165 Å². The van der Waals surface area contributed by atoms with E-state index in [2.05, 4.69) is 10.4 Å². The van der Waals surface area contributed by atoms with E-state index in [1.54, 1.807) is 0 Å². The van der Waals surface area contributed by atoms with Gasteiger partial charge in [-0.05, 0) is 58.1 Å². The summed E-state index contributed by atoms with van der Waals surface area (Å²) in [6.07, 6.45) is 4.74. The van der Waals surface area contributed by atoms with Crippen LogP contribution in [0.15, 0.2) is 28.5 Å². The van der Waals surface area contributed by atoms with Gasteiger partial charge in [-0.2, -0.15) is 15.6 Å². The summed E-state index contributed by atoms with van der Waals surface area (Å²) in [5, 5.41) is 26.0. The summed E-state index contributed by atoms with van der Waals surface area (Å²) < 4.78 is 7.99. The summed E-state index contributed by atoms with van der Waals surface area (Å²) in [4.78, 5) is 13.0. The number of hydrogen-bond donors (Lipinski definition) is 1. The molecule has 1 amide bonds. The Hall–Kier alpha value is -3.06. The van der Waals surface area contributed by atoms with Crippen molar-refractivity contribution >= 4 is 5.91 Å². The van der Waals surface area contributed by atoms with Crippen LogP contribution in [0.1, 0.15) is 50.4 Å². The zero-order chi connectivity index (χ0) is 20.3. The molecule has 0 atom stereocenters. The molecule has 28 heavy (non-hydrogen) atoms. The molecular weight excluding hydrogens is 354 g/mol. The number of nitriles is 2. The van der Waals surface area contributed by atoms with Crippen molar-refractivity contribution in [3.05, 3.63) is 39.9 Å². The number of aryl methyl sites for hydroxylation is 2. The molecule has 146 valence electrons. The number of nitrogens with zero attached hydrogens (tertiary/aromatic N) is 4. The highest BCUT2D eigenvalue weighted by atomic mass is 16.5. The largest absolute Gasteiger partial charge is 0.480 e. The van der Waals surface area contributed by atoms with E-state index in [1.807, 2.05) is 43.7 Å². The van der Waals surface area contributed by atoms with Gasteiger partial charge in [0.25, 0.3) is 5.91 Å². The van der Waals surface area contributed by atoms with Crippen molar-refractivity contribution in [2.24, 2.45) is 0 Å². The highest BCUT2D eigenvalue weighted by Gasteiger charge is 2.46. The molecule has 7 nitrogen and oxygen atoms in total. The minimum absolute atomic E-state index is 0.132. The smallest absolute Gasteiger partial charge is 0.255 e. The Balaban J connectivity index is 1.83. The van der Waals surface area contributed by atoms with Crippen LogP contribution in [0, 0.1) is 36.5 Å². The Kier molecular flexibility index (Phi) is 5.56. The van der Waals surface area contributed by atoms with E-state index in [0.717, 1.165) is 49.1 Å². The topological polar surface area (TPSA) is 104 Å². The number of allylic oxidation sites excluding steroid dienone is 1. The van der Waals surface area contributed by atoms with Crippen LogP contribution in [-0.4, -0.2) is 27.8 Å². The van der Waals surface area contributed by atoms with Gasteiger partial charge in [0, 0.05) is 12.2 Å². The zero-order valence-electron chi connectivity index (χ0n) is 16.6. The SMILES string of the molecule is CC1=C(C(=O)NCCn2nc(C)cc2C)C(=C(C#N)C#N)OC12CCCCC2. The molecule has 1 saturated carbocycles. The van der Waals surface area contributed by atoms with Gasteiger partial charge in [0.15, 0.2) is 11.3 Å². The number of ether oxygens (including phenoxy) is 1.